The first-order valence-electron chi connectivity index (χ1n) is 7.37. The minimum absolute atomic E-state index is 0.0621. The Morgan fingerprint density at radius 1 is 1.43 bits per heavy atom. The molecule has 1 amide bonds. The molecule has 1 unspecified atom stereocenters. The topological polar surface area (TPSA) is 67.6 Å². The molecule has 0 aromatic heterocycles. The van der Waals surface area contributed by atoms with Crippen LogP contribution in [0.2, 0.25) is 0 Å². The van der Waals surface area contributed by atoms with E-state index < -0.39 is 0 Å². The summed E-state index contributed by atoms with van der Waals surface area (Å²) in [6.45, 7) is 5.71. The highest BCUT2D eigenvalue weighted by atomic mass is 16.5. The number of hydrogen-bond donors (Lipinski definition) is 2. The maximum atomic E-state index is 12.0. The van der Waals surface area contributed by atoms with Crippen molar-refractivity contribution in [3.8, 4) is 5.75 Å². The number of methoxy groups -OCH3 is 1. The zero-order valence-electron chi connectivity index (χ0n) is 12.9. The summed E-state index contributed by atoms with van der Waals surface area (Å²) in [4.78, 5) is 14.2. The van der Waals surface area contributed by atoms with Crippen molar-refractivity contribution in [2.75, 3.05) is 33.3 Å². The summed E-state index contributed by atoms with van der Waals surface area (Å²) < 4.78 is 5.11. The maximum Gasteiger partial charge on any atom is 0.234 e. The lowest BCUT2D eigenvalue weighted by Gasteiger charge is -2.22. The average molecular weight is 291 g/mol. The van der Waals surface area contributed by atoms with Gasteiger partial charge in [-0.2, -0.15) is 0 Å². The predicted molar refractivity (Wildman–Crippen MR) is 83.1 cm³/mol. The molecule has 1 aromatic rings. The first-order chi connectivity index (χ1) is 10.0. The lowest BCUT2D eigenvalue weighted by molar-refractivity contribution is -0.122. The average Bonchev–Trinajstić information content (AvgIpc) is 2.87. The third-order valence-corrected chi connectivity index (χ3v) is 4.15. The fourth-order valence-electron chi connectivity index (χ4n) is 2.63. The Hall–Kier alpha value is -1.59. The third kappa shape index (κ3) is 4.44. The second-order valence-corrected chi connectivity index (χ2v) is 6.10. The number of nitrogens with two attached hydrogens (primary N) is 1. The highest BCUT2D eigenvalue weighted by Crippen LogP contribution is 2.27. The minimum Gasteiger partial charge on any atom is -0.497 e. The van der Waals surface area contributed by atoms with Gasteiger partial charge in [-0.15, -0.1) is 0 Å². The van der Waals surface area contributed by atoms with Gasteiger partial charge in [0.2, 0.25) is 5.91 Å². The SMILES string of the molecule is COc1ccc(CNC(=O)CN2CCC(C)(CN)C2)cc1. The van der Waals surface area contributed by atoms with Crippen molar-refractivity contribution in [2.45, 2.75) is 19.9 Å². The van der Waals surface area contributed by atoms with E-state index in [2.05, 4.69) is 17.1 Å². The normalized spacial score (nSPS) is 22.2. The van der Waals surface area contributed by atoms with E-state index in [0.717, 1.165) is 30.8 Å². The Bertz CT molecular complexity index is 475. The molecule has 1 saturated heterocycles. The van der Waals surface area contributed by atoms with E-state index in [1.54, 1.807) is 7.11 Å². The van der Waals surface area contributed by atoms with Gasteiger partial charge in [-0.25, -0.2) is 0 Å². The Morgan fingerprint density at radius 3 is 2.71 bits per heavy atom. The van der Waals surface area contributed by atoms with Gasteiger partial charge < -0.3 is 15.8 Å². The third-order valence-electron chi connectivity index (χ3n) is 4.15. The molecule has 0 radical (unpaired) electrons. The molecule has 1 aromatic carbocycles. The quantitative estimate of drug-likeness (QED) is 0.820. The number of nitrogens with one attached hydrogen (secondary N) is 1. The van der Waals surface area contributed by atoms with Gasteiger partial charge in [-0.3, -0.25) is 9.69 Å². The van der Waals surface area contributed by atoms with Crippen LogP contribution in [0, 0.1) is 5.41 Å². The van der Waals surface area contributed by atoms with Gasteiger partial charge in [-0.05, 0) is 42.6 Å². The number of likely N-dealkylation sites (tertiary alicyclic amines) is 1. The molecule has 5 heteroatoms. The van der Waals surface area contributed by atoms with Crippen LogP contribution in [0.5, 0.6) is 5.75 Å². The molecule has 1 fully saturated rings. The highest BCUT2D eigenvalue weighted by molar-refractivity contribution is 5.78. The van der Waals surface area contributed by atoms with Gasteiger partial charge in [0.05, 0.1) is 13.7 Å². The molecule has 3 N–H and O–H groups in total. The number of benzene rings is 1. The molecule has 1 aliphatic heterocycles. The molecule has 1 heterocycles. The number of rotatable bonds is 6. The number of hydrogen-bond acceptors (Lipinski definition) is 4. The Kier molecular flexibility index (Phi) is 5.20. The number of ether oxygens (including phenoxy) is 1. The van der Waals surface area contributed by atoms with E-state index in [-0.39, 0.29) is 11.3 Å². The lowest BCUT2D eigenvalue weighted by atomic mass is 9.90. The summed E-state index contributed by atoms with van der Waals surface area (Å²) in [5.41, 5.74) is 7.01. The number of carbonyl (C=O) groups excluding carboxylic acids is 1. The van der Waals surface area contributed by atoms with Crippen LogP contribution < -0.4 is 15.8 Å². The van der Waals surface area contributed by atoms with Crippen molar-refractivity contribution in [1.29, 1.82) is 0 Å². The highest BCUT2D eigenvalue weighted by Gasteiger charge is 2.32. The van der Waals surface area contributed by atoms with Crippen molar-refractivity contribution in [1.82, 2.24) is 10.2 Å². The smallest absolute Gasteiger partial charge is 0.234 e. The molecule has 116 valence electrons. The Labute approximate surface area is 126 Å². The van der Waals surface area contributed by atoms with E-state index in [1.807, 2.05) is 24.3 Å². The van der Waals surface area contributed by atoms with Crippen LogP contribution >= 0.6 is 0 Å². The second kappa shape index (κ2) is 6.91. The molecular formula is C16H25N3O2. The lowest BCUT2D eigenvalue weighted by Crippen LogP contribution is -2.38. The van der Waals surface area contributed by atoms with Crippen molar-refractivity contribution in [2.24, 2.45) is 11.1 Å². The molecule has 1 atom stereocenters. The minimum atomic E-state index is 0.0621. The fraction of sp³-hybridized carbons (Fsp3) is 0.562. The van der Waals surface area contributed by atoms with Crippen LogP contribution in [-0.4, -0.2) is 44.1 Å². The standard InChI is InChI=1S/C16H25N3O2/c1-16(11-17)7-8-19(12-16)10-15(20)18-9-13-3-5-14(21-2)6-4-13/h3-6H,7-12,17H2,1-2H3,(H,18,20). The van der Waals surface area contributed by atoms with E-state index in [1.165, 1.54) is 0 Å². The number of carbonyl (C=O) groups is 1. The van der Waals surface area contributed by atoms with Gasteiger partial charge in [-0.1, -0.05) is 19.1 Å². The summed E-state index contributed by atoms with van der Waals surface area (Å²) in [5.74, 6) is 0.885. The van der Waals surface area contributed by atoms with Crippen molar-refractivity contribution < 1.29 is 9.53 Å². The van der Waals surface area contributed by atoms with Crippen LogP contribution in [0.4, 0.5) is 0 Å². The van der Waals surface area contributed by atoms with Crippen molar-refractivity contribution >= 4 is 5.91 Å². The van der Waals surface area contributed by atoms with E-state index in [4.69, 9.17) is 10.5 Å². The largest absolute Gasteiger partial charge is 0.497 e. The number of amides is 1. The molecule has 2 rings (SSSR count). The molecular weight excluding hydrogens is 266 g/mol. The first kappa shape index (κ1) is 15.8. The Morgan fingerprint density at radius 2 is 2.14 bits per heavy atom. The van der Waals surface area contributed by atoms with Gasteiger partial charge in [0.1, 0.15) is 5.75 Å². The molecule has 0 spiro atoms. The van der Waals surface area contributed by atoms with E-state index in [0.29, 0.717) is 19.6 Å². The molecule has 5 nitrogen and oxygen atoms in total. The zero-order chi connectivity index (χ0) is 15.3. The van der Waals surface area contributed by atoms with Gasteiger partial charge in [0.15, 0.2) is 0 Å². The van der Waals surface area contributed by atoms with Crippen molar-refractivity contribution in [3.05, 3.63) is 29.8 Å². The summed E-state index contributed by atoms with van der Waals surface area (Å²) in [5, 5.41) is 2.96. The van der Waals surface area contributed by atoms with Crippen LogP contribution in [0.3, 0.4) is 0 Å². The van der Waals surface area contributed by atoms with Gasteiger partial charge in [0, 0.05) is 13.1 Å². The molecule has 1 aliphatic rings. The predicted octanol–water partition coefficient (Wildman–Crippen LogP) is 0.982. The Balaban J connectivity index is 1.75. The van der Waals surface area contributed by atoms with Gasteiger partial charge >= 0.3 is 0 Å². The van der Waals surface area contributed by atoms with Crippen LogP contribution in [0.25, 0.3) is 0 Å². The summed E-state index contributed by atoms with van der Waals surface area (Å²) >= 11 is 0. The van der Waals surface area contributed by atoms with Crippen LogP contribution in [0.15, 0.2) is 24.3 Å². The summed E-state index contributed by atoms with van der Waals surface area (Å²) in [6, 6.07) is 7.71. The van der Waals surface area contributed by atoms with Crippen LogP contribution in [0.1, 0.15) is 18.9 Å². The zero-order valence-corrected chi connectivity index (χ0v) is 12.9. The van der Waals surface area contributed by atoms with E-state index in [9.17, 15) is 4.79 Å². The van der Waals surface area contributed by atoms with Crippen LogP contribution in [-0.2, 0) is 11.3 Å². The monoisotopic (exact) mass is 291 g/mol. The maximum absolute atomic E-state index is 12.0. The molecule has 21 heavy (non-hydrogen) atoms. The molecule has 0 bridgehead atoms. The summed E-state index contributed by atoms with van der Waals surface area (Å²) in [6.07, 6.45) is 1.06. The first-order valence-corrected chi connectivity index (χ1v) is 7.37. The van der Waals surface area contributed by atoms with E-state index >= 15 is 0 Å². The second-order valence-electron chi connectivity index (χ2n) is 6.10. The summed E-state index contributed by atoms with van der Waals surface area (Å²) in [7, 11) is 1.64. The molecule has 0 aliphatic carbocycles. The fourth-order valence-corrected chi connectivity index (χ4v) is 2.63. The number of nitrogens with zero attached hydrogens (tertiary/aromatic N) is 1. The van der Waals surface area contributed by atoms with Gasteiger partial charge in [0.25, 0.3) is 0 Å². The van der Waals surface area contributed by atoms with Crippen molar-refractivity contribution in [3.63, 3.8) is 0 Å². The molecule has 0 saturated carbocycles.